The Morgan fingerprint density at radius 3 is 2.32 bits per heavy atom. The van der Waals surface area contributed by atoms with Gasteiger partial charge in [0.2, 0.25) is 0 Å². The number of benzene rings is 1. The van der Waals surface area contributed by atoms with Gasteiger partial charge in [0.1, 0.15) is 11.5 Å². The third-order valence-electron chi connectivity index (χ3n) is 5.16. The zero-order valence-electron chi connectivity index (χ0n) is 14.9. The maximum atomic E-state index is 5.78. The van der Waals surface area contributed by atoms with Crippen molar-refractivity contribution in [2.24, 2.45) is 0 Å². The fourth-order valence-electron chi connectivity index (χ4n) is 4.36. The molecule has 0 saturated carbocycles. The predicted molar refractivity (Wildman–Crippen MR) is 95.8 cm³/mol. The van der Waals surface area contributed by atoms with Crippen molar-refractivity contribution in [1.82, 2.24) is 0 Å². The van der Waals surface area contributed by atoms with Gasteiger partial charge in [0.15, 0.2) is 0 Å². The van der Waals surface area contributed by atoms with E-state index < -0.39 is 8.07 Å². The second-order valence-corrected chi connectivity index (χ2v) is 11.5. The summed E-state index contributed by atoms with van der Waals surface area (Å²) in [6.45, 7) is 9.21. The first-order chi connectivity index (χ1) is 10.5. The van der Waals surface area contributed by atoms with Crippen molar-refractivity contribution in [1.29, 1.82) is 0 Å². The molecular formula is C20H21Cl2OSiZr. The van der Waals surface area contributed by atoms with E-state index in [2.05, 4.69) is 68.5 Å². The molecule has 0 fully saturated rings. The number of fused-ring (bicyclic) bond motifs is 1. The summed E-state index contributed by atoms with van der Waals surface area (Å²) >= 11 is 0. The van der Waals surface area contributed by atoms with E-state index in [1.807, 2.05) is 6.92 Å². The fraction of sp³-hybridized carbons (Fsp3) is 0.250. The normalized spacial score (nSPS) is 18.0. The quantitative estimate of drug-likeness (QED) is 0.331. The largest absolute Gasteiger partial charge is 3.00 e. The van der Waals surface area contributed by atoms with Gasteiger partial charge in [-0.1, -0.05) is 24.7 Å². The van der Waals surface area contributed by atoms with Gasteiger partial charge in [-0.25, -0.2) is 0 Å². The number of halogens is 2. The molecule has 1 radical (unpaired) electrons. The minimum absolute atomic E-state index is 0. The Balaban J connectivity index is 0.000000234. The topological polar surface area (TPSA) is 13.1 Å². The van der Waals surface area contributed by atoms with Crippen molar-refractivity contribution in [3.05, 3.63) is 71.2 Å². The molecule has 1 unspecified atom stereocenters. The summed E-state index contributed by atoms with van der Waals surface area (Å²) in [4.78, 5) is 0. The molecule has 0 spiro atoms. The summed E-state index contributed by atoms with van der Waals surface area (Å²) in [6, 6.07) is 16.9. The first-order valence-electron chi connectivity index (χ1n) is 7.92. The molecule has 25 heavy (non-hydrogen) atoms. The summed E-state index contributed by atoms with van der Waals surface area (Å²) in [5.74, 6) is 2.35. The average molecular weight is 468 g/mol. The van der Waals surface area contributed by atoms with E-state index in [1.165, 1.54) is 22.1 Å². The van der Waals surface area contributed by atoms with Crippen molar-refractivity contribution >= 4 is 24.0 Å². The third kappa shape index (κ3) is 3.41. The molecule has 1 aromatic heterocycles. The Kier molecular flexibility index (Phi) is 7.26. The van der Waals surface area contributed by atoms with E-state index in [1.54, 1.807) is 10.8 Å². The molecule has 2 bridgehead atoms. The molecule has 3 aliphatic rings. The van der Waals surface area contributed by atoms with Crippen LogP contribution < -0.4 is 24.8 Å². The first kappa shape index (κ1) is 22.6. The molecule has 2 aliphatic heterocycles. The van der Waals surface area contributed by atoms with Crippen molar-refractivity contribution in [3.63, 3.8) is 0 Å². The van der Waals surface area contributed by atoms with E-state index in [0.717, 1.165) is 5.76 Å². The number of furan rings is 1. The second-order valence-electron chi connectivity index (χ2n) is 7.00. The Morgan fingerprint density at radius 1 is 1.04 bits per heavy atom. The summed E-state index contributed by atoms with van der Waals surface area (Å²) in [5.41, 5.74) is 3.73. The van der Waals surface area contributed by atoms with Gasteiger partial charge in [-0.3, -0.25) is 0 Å². The van der Waals surface area contributed by atoms with Crippen LogP contribution in [0.25, 0.3) is 16.0 Å². The van der Waals surface area contributed by atoms with Crippen LogP contribution in [-0.2, 0) is 26.2 Å². The maximum absolute atomic E-state index is 5.78. The van der Waals surface area contributed by atoms with Crippen LogP contribution >= 0.6 is 0 Å². The first-order valence-corrected chi connectivity index (χ1v) is 11.0. The summed E-state index contributed by atoms with van der Waals surface area (Å²) < 4.78 is 5.78. The molecule has 1 nitrogen and oxygen atoms in total. The Bertz CT molecular complexity index is 877. The van der Waals surface area contributed by atoms with E-state index in [9.17, 15) is 0 Å². The van der Waals surface area contributed by atoms with Crippen LogP contribution in [0.5, 0.6) is 0 Å². The second kappa shape index (κ2) is 8.05. The van der Waals surface area contributed by atoms with Crippen molar-refractivity contribution in [3.8, 4) is 0 Å². The van der Waals surface area contributed by atoms with Gasteiger partial charge in [0.05, 0.1) is 8.07 Å². The number of rotatable bonds is 0. The van der Waals surface area contributed by atoms with Gasteiger partial charge in [-0.05, 0) is 25.1 Å². The summed E-state index contributed by atoms with van der Waals surface area (Å²) in [7, 11) is -1.10. The summed E-state index contributed by atoms with van der Waals surface area (Å²) in [6.07, 6.45) is 0. The molecule has 3 heterocycles. The molecule has 6 rings (SSSR count). The smallest absolute Gasteiger partial charge is 1.00 e. The van der Waals surface area contributed by atoms with Gasteiger partial charge < -0.3 is 29.2 Å². The Hall–Kier alpha value is -0.470. The SMILES string of the molecule is CC1=C2c3cc(C)oc3C1[Si]2(C)C.[Cl-].[Cl-].[Zr+3].c1ccc2[cH-]ccc2c1. The molecule has 2 aromatic carbocycles. The van der Waals surface area contributed by atoms with Crippen LogP contribution in [0.15, 0.2) is 58.5 Å². The van der Waals surface area contributed by atoms with Crippen LogP contribution in [0.3, 0.4) is 0 Å². The standard InChI is InChI=1S/C11H14OSi.C9H7.2ClH.Zr/c1-6-5-8-9(12-6)11-7(2)10(8)13(11,3)4;1-2-5-9-7-3-6-8(9)4-1;;;/h5,11H,1-4H3;1-7H;2*1H;/q;-1;;;+3/p-2. The van der Waals surface area contributed by atoms with Crippen molar-refractivity contribution < 1.29 is 55.4 Å². The van der Waals surface area contributed by atoms with Crippen molar-refractivity contribution in [2.75, 3.05) is 0 Å². The van der Waals surface area contributed by atoms with Crippen molar-refractivity contribution in [2.45, 2.75) is 32.5 Å². The average Bonchev–Trinajstić information content (AvgIpc) is 3.15. The molecule has 129 valence electrons. The van der Waals surface area contributed by atoms with Crippen LogP contribution in [0.1, 0.15) is 29.5 Å². The van der Waals surface area contributed by atoms with Crippen LogP contribution in [0, 0.1) is 6.92 Å². The van der Waals surface area contributed by atoms with Gasteiger partial charge >= 0.3 is 26.2 Å². The predicted octanol–water partition coefficient (Wildman–Crippen LogP) is -0.177. The van der Waals surface area contributed by atoms with Crippen LogP contribution in [0.4, 0.5) is 0 Å². The zero-order valence-corrected chi connectivity index (χ0v) is 19.8. The van der Waals surface area contributed by atoms with Gasteiger partial charge in [-0.2, -0.15) is 17.5 Å². The monoisotopic (exact) mass is 465 g/mol. The number of allylic oxidation sites excluding steroid dienone is 1. The van der Waals surface area contributed by atoms with E-state index in [4.69, 9.17) is 4.42 Å². The van der Waals surface area contributed by atoms with Crippen LogP contribution in [-0.4, -0.2) is 8.07 Å². The summed E-state index contributed by atoms with van der Waals surface area (Å²) in [5, 5.41) is 4.33. The molecular weight excluding hydrogens is 446 g/mol. The van der Waals surface area contributed by atoms with Gasteiger partial charge in [0.25, 0.3) is 0 Å². The van der Waals surface area contributed by atoms with Crippen LogP contribution in [0.2, 0.25) is 13.1 Å². The molecule has 0 amide bonds. The van der Waals surface area contributed by atoms with E-state index >= 15 is 0 Å². The Labute approximate surface area is 182 Å². The molecule has 3 aromatic rings. The number of aryl methyl sites for hydroxylation is 1. The number of hydrogen-bond acceptors (Lipinski definition) is 1. The van der Waals surface area contributed by atoms with E-state index in [0.29, 0.717) is 5.54 Å². The minimum atomic E-state index is -1.10. The Morgan fingerprint density at radius 2 is 1.72 bits per heavy atom. The van der Waals surface area contributed by atoms with Gasteiger partial charge in [0, 0.05) is 11.1 Å². The molecule has 5 heteroatoms. The zero-order chi connectivity index (χ0) is 15.5. The van der Waals surface area contributed by atoms with Gasteiger partial charge in [-0.15, -0.1) is 29.7 Å². The van der Waals surface area contributed by atoms with E-state index in [-0.39, 0.29) is 51.0 Å². The minimum Gasteiger partial charge on any atom is -1.00 e. The number of hydrogen-bond donors (Lipinski definition) is 0. The molecule has 1 atom stereocenters. The fourth-order valence-corrected chi connectivity index (χ4v) is 8.56. The maximum Gasteiger partial charge on any atom is 3.00 e. The third-order valence-corrected chi connectivity index (χ3v) is 9.25. The molecule has 0 saturated heterocycles. The molecule has 0 N–H and O–H groups in total. The molecule has 1 aliphatic carbocycles.